The molecule has 0 amide bonds. The fourth-order valence-electron chi connectivity index (χ4n) is 1.98. The van der Waals surface area contributed by atoms with Crippen LogP contribution in [0.3, 0.4) is 0 Å². The van der Waals surface area contributed by atoms with Crippen molar-refractivity contribution in [1.29, 1.82) is 0 Å². The van der Waals surface area contributed by atoms with Gasteiger partial charge in [0.2, 0.25) is 0 Å². The highest BCUT2D eigenvalue weighted by Crippen LogP contribution is 2.36. The summed E-state index contributed by atoms with van der Waals surface area (Å²) in [6.07, 6.45) is 5.94. The van der Waals surface area contributed by atoms with Crippen molar-refractivity contribution in [3.8, 4) is 0 Å². The zero-order valence-corrected chi connectivity index (χ0v) is 8.31. The number of hydrogen-bond acceptors (Lipinski definition) is 3. The minimum Gasteiger partial charge on any atom is -0.389 e. The molecule has 1 fully saturated rings. The van der Waals surface area contributed by atoms with Crippen molar-refractivity contribution >= 4 is 0 Å². The maximum atomic E-state index is 10.1. The van der Waals surface area contributed by atoms with E-state index in [2.05, 4.69) is 4.98 Å². The second kappa shape index (κ2) is 3.67. The minimum atomic E-state index is -0.554. The number of methoxy groups -OCH3 is 1. The predicted molar refractivity (Wildman–Crippen MR) is 52.9 cm³/mol. The fraction of sp³-hybridized carbons (Fsp3) is 0.545. The molecule has 2 rings (SSSR count). The molecule has 0 unspecified atom stereocenters. The van der Waals surface area contributed by atoms with Gasteiger partial charge in [-0.05, 0) is 17.7 Å². The molecule has 0 saturated heterocycles. The van der Waals surface area contributed by atoms with Gasteiger partial charge in [0.15, 0.2) is 0 Å². The van der Waals surface area contributed by atoms with Crippen molar-refractivity contribution in [3.05, 3.63) is 30.1 Å². The molecule has 3 nitrogen and oxygen atoms in total. The van der Waals surface area contributed by atoms with E-state index in [-0.39, 0.29) is 6.10 Å². The van der Waals surface area contributed by atoms with E-state index >= 15 is 0 Å². The summed E-state index contributed by atoms with van der Waals surface area (Å²) in [7, 11) is 1.69. The van der Waals surface area contributed by atoms with Crippen molar-refractivity contribution in [1.82, 2.24) is 4.98 Å². The summed E-state index contributed by atoms with van der Waals surface area (Å²) < 4.78 is 5.15. The van der Waals surface area contributed by atoms with Gasteiger partial charge in [-0.1, -0.05) is 0 Å². The van der Waals surface area contributed by atoms with Crippen LogP contribution in [0.25, 0.3) is 0 Å². The lowest BCUT2D eigenvalue weighted by atomic mass is 9.74. The Bertz CT molecular complexity index is 293. The number of aromatic nitrogens is 1. The highest BCUT2D eigenvalue weighted by molar-refractivity contribution is 5.15. The summed E-state index contributed by atoms with van der Waals surface area (Å²) in [5.41, 5.74) is 0.583. The largest absolute Gasteiger partial charge is 0.389 e. The van der Waals surface area contributed by atoms with Crippen LogP contribution in [0.5, 0.6) is 0 Å². The van der Waals surface area contributed by atoms with E-state index in [0.717, 1.165) is 18.4 Å². The van der Waals surface area contributed by atoms with E-state index in [0.29, 0.717) is 6.42 Å². The summed E-state index contributed by atoms with van der Waals surface area (Å²) in [5, 5.41) is 10.1. The molecule has 0 aliphatic heterocycles. The minimum absolute atomic E-state index is 0.238. The third-order valence-electron chi connectivity index (χ3n) is 2.83. The van der Waals surface area contributed by atoms with Crippen molar-refractivity contribution < 1.29 is 9.84 Å². The maximum absolute atomic E-state index is 10.1. The molecular weight excluding hydrogens is 178 g/mol. The molecule has 1 aromatic heterocycles. The van der Waals surface area contributed by atoms with Gasteiger partial charge in [-0.25, -0.2) is 0 Å². The molecule has 1 N–H and O–H groups in total. The average Bonchev–Trinajstić information content (AvgIpc) is 2.15. The highest BCUT2D eigenvalue weighted by atomic mass is 16.5. The van der Waals surface area contributed by atoms with Crippen molar-refractivity contribution in [2.24, 2.45) is 0 Å². The summed E-state index contributed by atoms with van der Waals surface area (Å²) in [6.45, 7) is 0. The topological polar surface area (TPSA) is 42.4 Å². The smallest absolute Gasteiger partial charge is 0.0737 e. The normalized spacial score (nSPS) is 31.1. The molecule has 1 aliphatic rings. The van der Waals surface area contributed by atoms with Gasteiger partial charge in [-0.3, -0.25) is 4.98 Å². The standard InChI is InChI=1S/C11H15NO2/c1-14-10-7-11(13,8-10)6-9-2-4-12-5-3-9/h2-5,10,13H,6-8H2,1H3. The quantitative estimate of drug-likeness (QED) is 0.783. The molecule has 1 heterocycles. The molecule has 3 heteroatoms. The van der Waals surface area contributed by atoms with Crippen LogP contribution in [0.4, 0.5) is 0 Å². The van der Waals surface area contributed by atoms with Gasteiger partial charge in [0.1, 0.15) is 0 Å². The summed E-state index contributed by atoms with van der Waals surface area (Å²) in [5.74, 6) is 0. The first-order valence-electron chi connectivity index (χ1n) is 4.86. The summed E-state index contributed by atoms with van der Waals surface area (Å²) >= 11 is 0. The molecule has 1 saturated carbocycles. The monoisotopic (exact) mass is 193 g/mol. The number of ether oxygens (including phenoxy) is 1. The molecule has 0 spiro atoms. The first-order chi connectivity index (χ1) is 6.72. The third-order valence-corrected chi connectivity index (χ3v) is 2.83. The Balaban J connectivity index is 1.93. The molecule has 0 radical (unpaired) electrons. The van der Waals surface area contributed by atoms with E-state index in [1.54, 1.807) is 19.5 Å². The second-order valence-corrected chi connectivity index (χ2v) is 4.02. The van der Waals surface area contributed by atoms with Gasteiger partial charge >= 0.3 is 0 Å². The first kappa shape index (κ1) is 9.62. The lowest BCUT2D eigenvalue weighted by Gasteiger charge is -2.42. The van der Waals surface area contributed by atoms with Crippen LogP contribution in [-0.2, 0) is 11.2 Å². The van der Waals surface area contributed by atoms with Crippen LogP contribution < -0.4 is 0 Å². The zero-order chi connectivity index (χ0) is 10.0. The first-order valence-corrected chi connectivity index (χ1v) is 4.86. The predicted octanol–water partition coefficient (Wildman–Crippen LogP) is 1.16. The van der Waals surface area contributed by atoms with Crippen LogP contribution in [0.1, 0.15) is 18.4 Å². The zero-order valence-electron chi connectivity index (χ0n) is 8.31. The number of nitrogens with zero attached hydrogens (tertiary/aromatic N) is 1. The highest BCUT2D eigenvalue weighted by Gasteiger charge is 2.42. The van der Waals surface area contributed by atoms with Gasteiger partial charge < -0.3 is 9.84 Å². The Labute approximate surface area is 83.7 Å². The number of hydrogen-bond donors (Lipinski definition) is 1. The average molecular weight is 193 g/mol. The third kappa shape index (κ3) is 1.94. The van der Waals surface area contributed by atoms with Crippen LogP contribution in [-0.4, -0.2) is 28.9 Å². The summed E-state index contributed by atoms with van der Waals surface area (Å²) in [4.78, 5) is 3.94. The van der Waals surface area contributed by atoms with Gasteiger partial charge in [-0.2, -0.15) is 0 Å². The lowest BCUT2D eigenvalue weighted by molar-refractivity contribution is -0.126. The van der Waals surface area contributed by atoms with Crippen molar-refractivity contribution in [2.45, 2.75) is 31.0 Å². The maximum Gasteiger partial charge on any atom is 0.0737 e. The van der Waals surface area contributed by atoms with Crippen LogP contribution in [0.2, 0.25) is 0 Å². The van der Waals surface area contributed by atoms with Gasteiger partial charge in [0, 0.05) is 38.8 Å². The molecule has 1 aliphatic carbocycles. The van der Waals surface area contributed by atoms with Crippen LogP contribution >= 0.6 is 0 Å². The Morgan fingerprint density at radius 2 is 2.14 bits per heavy atom. The van der Waals surface area contributed by atoms with E-state index in [4.69, 9.17) is 4.74 Å². The Kier molecular flexibility index (Phi) is 2.52. The van der Waals surface area contributed by atoms with Crippen molar-refractivity contribution in [3.63, 3.8) is 0 Å². The Hall–Kier alpha value is -0.930. The number of rotatable bonds is 3. The fourth-order valence-corrected chi connectivity index (χ4v) is 1.98. The molecule has 0 atom stereocenters. The van der Waals surface area contributed by atoms with Crippen molar-refractivity contribution in [2.75, 3.05) is 7.11 Å². The van der Waals surface area contributed by atoms with E-state index in [1.165, 1.54) is 0 Å². The van der Waals surface area contributed by atoms with Gasteiger partial charge in [-0.15, -0.1) is 0 Å². The lowest BCUT2D eigenvalue weighted by Crippen LogP contribution is -2.49. The van der Waals surface area contributed by atoms with Crippen LogP contribution in [0, 0.1) is 0 Å². The Morgan fingerprint density at radius 1 is 1.50 bits per heavy atom. The van der Waals surface area contributed by atoms with Gasteiger partial charge in [0.05, 0.1) is 11.7 Å². The molecule has 0 bridgehead atoms. The molecule has 1 aromatic rings. The van der Waals surface area contributed by atoms with Crippen LogP contribution in [0.15, 0.2) is 24.5 Å². The molecule has 76 valence electrons. The molecule has 0 aromatic carbocycles. The SMILES string of the molecule is COC1CC(O)(Cc2ccncc2)C1. The van der Waals surface area contributed by atoms with Gasteiger partial charge in [0.25, 0.3) is 0 Å². The van der Waals surface area contributed by atoms with E-state index in [9.17, 15) is 5.11 Å². The Morgan fingerprint density at radius 3 is 2.71 bits per heavy atom. The van der Waals surface area contributed by atoms with E-state index in [1.807, 2.05) is 12.1 Å². The second-order valence-electron chi connectivity index (χ2n) is 4.02. The number of aliphatic hydroxyl groups is 1. The van der Waals surface area contributed by atoms with E-state index < -0.39 is 5.60 Å². The number of pyridine rings is 1. The summed E-state index contributed by atoms with van der Waals surface area (Å²) in [6, 6.07) is 3.89. The molecule has 14 heavy (non-hydrogen) atoms. The molecular formula is C11H15NO2.